The third kappa shape index (κ3) is 3.90. The van der Waals surface area contributed by atoms with Crippen LogP contribution in [-0.2, 0) is 0 Å². The highest BCUT2D eigenvalue weighted by molar-refractivity contribution is 7.14. The summed E-state index contributed by atoms with van der Waals surface area (Å²) in [6.07, 6.45) is 0. The fourth-order valence-electron chi connectivity index (χ4n) is 2.72. The molecule has 0 aliphatic rings. The van der Waals surface area contributed by atoms with E-state index < -0.39 is 10.5 Å². The Hall–Kier alpha value is -3.85. The number of anilines is 1. The first-order valence-corrected chi connectivity index (χ1v) is 9.43. The van der Waals surface area contributed by atoms with Crippen LogP contribution in [0.2, 0.25) is 0 Å². The van der Waals surface area contributed by atoms with E-state index in [4.69, 9.17) is 4.42 Å². The molecule has 0 spiro atoms. The maximum atomic E-state index is 12.2. The minimum absolute atomic E-state index is 0.0248. The fraction of sp³-hybridized carbons (Fsp3) is 0.0500. The standard InChI is InChI=1S/C20H14N4O4S/c1-12(16-10-14-4-2-3-5-18(14)28-19(16)25)22-23-20-21-17(11-29-20)13-6-8-15(9-7-13)24(26)27/h2-11H,1H3,(H,21,23)/b22-12+. The van der Waals surface area contributed by atoms with Crippen LogP contribution in [0.3, 0.4) is 0 Å². The summed E-state index contributed by atoms with van der Waals surface area (Å²) in [5.74, 6) is 0. The minimum atomic E-state index is -0.461. The van der Waals surface area contributed by atoms with E-state index in [1.54, 1.807) is 37.3 Å². The second-order valence-electron chi connectivity index (χ2n) is 6.14. The predicted octanol–water partition coefficient (Wildman–Crippen LogP) is 4.66. The molecule has 4 aromatic rings. The molecule has 4 rings (SSSR count). The van der Waals surface area contributed by atoms with Gasteiger partial charge in [0.1, 0.15) is 5.58 Å². The summed E-state index contributed by atoms with van der Waals surface area (Å²) >= 11 is 1.33. The molecule has 2 aromatic carbocycles. The molecule has 0 atom stereocenters. The number of benzene rings is 2. The highest BCUT2D eigenvalue weighted by Gasteiger charge is 2.10. The van der Waals surface area contributed by atoms with Gasteiger partial charge in [-0.25, -0.2) is 9.78 Å². The van der Waals surface area contributed by atoms with Gasteiger partial charge < -0.3 is 4.42 Å². The molecular formula is C20H14N4O4S. The maximum Gasteiger partial charge on any atom is 0.345 e. The number of hydrazone groups is 1. The van der Waals surface area contributed by atoms with Gasteiger partial charge in [0.2, 0.25) is 5.13 Å². The molecule has 1 N–H and O–H groups in total. The Labute approximate surface area is 168 Å². The first-order chi connectivity index (χ1) is 14.0. The van der Waals surface area contributed by atoms with Gasteiger partial charge in [-0.2, -0.15) is 5.10 Å². The number of non-ortho nitro benzene ring substituents is 1. The van der Waals surface area contributed by atoms with Crippen molar-refractivity contribution in [1.29, 1.82) is 0 Å². The molecule has 0 saturated carbocycles. The molecule has 2 heterocycles. The number of aromatic nitrogens is 1. The van der Waals surface area contributed by atoms with E-state index in [-0.39, 0.29) is 5.69 Å². The average molecular weight is 406 g/mol. The van der Waals surface area contributed by atoms with Crippen LogP contribution in [0.5, 0.6) is 0 Å². The lowest BCUT2D eigenvalue weighted by molar-refractivity contribution is -0.384. The number of fused-ring (bicyclic) bond motifs is 1. The number of nitrogens with zero attached hydrogens (tertiary/aromatic N) is 3. The highest BCUT2D eigenvalue weighted by Crippen LogP contribution is 2.26. The van der Waals surface area contributed by atoms with Gasteiger partial charge in [0.25, 0.3) is 5.69 Å². The molecule has 0 radical (unpaired) electrons. The Kier molecular flexibility index (Phi) is 4.88. The normalized spacial score (nSPS) is 11.6. The Morgan fingerprint density at radius 1 is 1.21 bits per heavy atom. The summed E-state index contributed by atoms with van der Waals surface area (Å²) in [6.45, 7) is 1.71. The summed E-state index contributed by atoms with van der Waals surface area (Å²) in [6, 6.07) is 15.2. The van der Waals surface area contributed by atoms with Crippen LogP contribution in [0.15, 0.2) is 74.3 Å². The Morgan fingerprint density at radius 2 is 1.97 bits per heavy atom. The van der Waals surface area contributed by atoms with Crippen molar-refractivity contribution in [3.63, 3.8) is 0 Å². The molecule has 9 heteroatoms. The number of hydrogen-bond acceptors (Lipinski definition) is 8. The molecule has 0 aliphatic heterocycles. The number of thiazole rings is 1. The van der Waals surface area contributed by atoms with Gasteiger partial charge in [-0.3, -0.25) is 15.5 Å². The molecule has 0 fully saturated rings. The summed E-state index contributed by atoms with van der Waals surface area (Å²) < 4.78 is 5.33. The van der Waals surface area contributed by atoms with E-state index in [1.807, 2.05) is 17.5 Å². The van der Waals surface area contributed by atoms with Crippen LogP contribution in [0, 0.1) is 10.1 Å². The third-order valence-electron chi connectivity index (χ3n) is 4.23. The van der Waals surface area contributed by atoms with E-state index in [0.717, 1.165) is 10.9 Å². The number of nitro benzene ring substituents is 1. The van der Waals surface area contributed by atoms with Crippen molar-refractivity contribution < 1.29 is 9.34 Å². The molecule has 8 nitrogen and oxygen atoms in total. The highest BCUT2D eigenvalue weighted by atomic mass is 32.1. The zero-order chi connectivity index (χ0) is 20.4. The van der Waals surface area contributed by atoms with Crippen molar-refractivity contribution in [1.82, 2.24) is 4.98 Å². The van der Waals surface area contributed by atoms with Gasteiger partial charge in [0.15, 0.2) is 0 Å². The Bertz CT molecular complexity index is 1290. The van der Waals surface area contributed by atoms with Gasteiger partial charge in [0, 0.05) is 28.5 Å². The maximum absolute atomic E-state index is 12.2. The molecule has 0 saturated heterocycles. The van der Waals surface area contributed by atoms with Crippen molar-refractivity contribution in [2.75, 3.05) is 5.43 Å². The lowest BCUT2D eigenvalue weighted by Crippen LogP contribution is -2.13. The van der Waals surface area contributed by atoms with E-state index in [1.165, 1.54) is 23.5 Å². The van der Waals surface area contributed by atoms with E-state index >= 15 is 0 Å². The molecule has 144 valence electrons. The molecule has 2 aromatic heterocycles. The van der Waals surface area contributed by atoms with Gasteiger partial charge >= 0.3 is 5.63 Å². The number of hydrogen-bond donors (Lipinski definition) is 1. The third-order valence-corrected chi connectivity index (χ3v) is 4.98. The van der Waals surface area contributed by atoms with Gasteiger partial charge in [-0.15, -0.1) is 11.3 Å². The fourth-order valence-corrected chi connectivity index (χ4v) is 3.38. The summed E-state index contributed by atoms with van der Waals surface area (Å²) in [4.78, 5) is 26.9. The first-order valence-electron chi connectivity index (χ1n) is 8.55. The van der Waals surface area contributed by atoms with Crippen LogP contribution in [0.4, 0.5) is 10.8 Å². The molecule has 0 unspecified atom stereocenters. The average Bonchev–Trinajstić information content (AvgIpc) is 3.20. The lowest BCUT2D eigenvalue weighted by atomic mass is 10.1. The first kappa shape index (κ1) is 18.5. The Balaban J connectivity index is 1.54. The SMILES string of the molecule is C/C(=N\Nc1nc(-c2ccc([N+](=O)[O-])cc2)cs1)c1cc2ccccc2oc1=O. The van der Waals surface area contributed by atoms with Crippen molar-refractivity contribution in [2.45, 2.75) is 6.92 Å². The number of rotatable bonds is 5. The largest absolute Gasteiger partial charge is 0.422 e. The second-order valence-corrected chi connectivity index (χ2v) is 6.99. The van der Waals surface area contributed by atoms with Crippen LogP contribution in [-0.4, -0.2) is 15.6 Å². The van der Waals surface area contributed by atoms with Crippen molar-refractivity contribution in [2.24, 2.45) is 5.10 Å². The Morgan fingerprint density at radius 3 is 2.72 bits per heavy atom. The number of para-hydroxylation sites is 1. The second kappa shape index (κ2) is 7.64. The van der Waals surface area contributed by atoms with E-state index in [0.29, 0.717) is 27.7 Å². The summed E-state index contributed by atoms with van der Waals surface area (Å²) in [5, 5.41) is 18.2. The molecule has 0 bridgehead atoms. The summed E-state index contributed by atoms with van der Waals surface area (Å²) in [5.41, 5.74) is 5.20. The summed E-state index contributed by atoms with van der Waals surface area (Å²) in [7, 11) is 0. The molecule has 0 aliphatic carbocycles. The number of nitrogens with one attached hydrogen (secondary N) is 1. The zero-order valence-electron chi connectivity index (χ0n) is 15.2. The van der Waals surface area contributed by atoms with Crippen LogP contribution in [0.1, 0.15) is 12.5 Å². The topological polar surface area (TPSA) is 111 Å². The van der Waals surface area contributed by atoms with E-state index in [9.17, 15) is 14.9 Å². The molecule has 0 amide bonds. The van der Waals surface area contributed by atoms with Crippen LogP contribution in [0.25, 0.3) is 22.2 Å². The molecular weight excluding hydrogens is 392 g/mol. The van der Waals surface area contributed by atoms with E-state index in [2.05, 4.69) is 15.5 Å². The minimum Gasteiger partial charge on any atom is -0.422 e. The van der Waals surface area contributed by atoms with Crippen molar-refractivity contribution in [3.05, 3.63) is 86.1 Å². The van der Waals surface area contributed by atoms with Crippen LogP contribution >= 0.6 is 11.3 Å². The smallest absolute Gasteiger partial charge is 0.345 e. The van der Waals surface area contributed by atoms with Crippen molar-refractivity contribution >= 4 is 38.8 Å². The quantitative estimate of drug-likeness (QED) is 0.223. The van der Waals surface area contributed by atoms with Gasteiger partial charge in [-0.1, -0.05) is 18.2 Å². The molecule has 29 heavy (non-hydrogen) atoms. The number of nitro groups is 1. The lowest BCUT2D eigenvalue weighted by Gasteiger charge is -2.02. The van der Waals surface area contributed by atoms with Crippen molar-refractivity contribution in [3.8, 4) is 11.3 Å². The van der Waals surface area contributed by atoms with Crippen LogP contribution < -0.4 is 11.1 Å². The zero-order valence-corrected chi connectivity index (χ0v) is 16.0. The van der Waals surface area contributed by atoms with Gasteiger partial charge in [-0.05, 0) is 31.2 Å². The predicted molar refractivity (Wildman–Crippen MR) is 113 cm³/mol. The monoisotopic (exact) mass is 406 g/mol. The van der Waals surface area contributed by atoms with Gasteiger partial charge in [0.05, 0.1) is 21.9 Å².